The molecule has 0 atom stereocenters. The molecular formula is C25H26Cl2N2O4S. The third-order valence-corrected chi connectivity index (χ3v) is 6.77. The Morgan fingerprint density at radius 3 is 2.21 bits per heavy atom. The largest absolute Gasteiger partial charge is 0.492 e. The topological polar surface area (TPSA) is 75.7 Å². The van der Waals surface area contributed by atoms with Crippen molar-refractivity contribution < 1.29 is 17.9 Å². The Morgan fingerprint density at radius 1 is 0.971 bits per heavy atom. The van der Waals surface area contributed by atoms with Crippen LogP contribution in [0.3, 0.4) is 0 Å². The van der Waals surface area contributed by atoms with Gasteiger partial charge in [0.25, 0.3) is 5.91 Å². The van der Waals surface area contributed by atoms with Crippen LogP contribution in [0, 0.1) is 0 Å². The summed E-state index contributed by atoms with van der Waals surface area (Å²) < 4.78 is 31.6. The maximum atomic E-state index is 12.4. The van der Waals surface area contributed by atoms with E-state index < -0.39 is 10.0 Å². The molecule has 0 fully saturated rings. The number of aryl methyl sites for hydroxylation is 1. The first-order valence-corrected chi connectivity index (χ1v) is 13.3. The van der Waals surface area contributed by atoms with Gasteiger partial charge in [-0.3, -0.25) is 9.10 Å². The van der Waals surface area contributed by atoms with Crippen molar-refractivity contribution in [2.45, 2.75) is 19.9 Å². The molecule has 0 bridgehead atoms. The lowest BCUT2D eigenvalue weighted by Gasteiger charge is -2.23. The fraction of sp³-hybridized carbons (Fsp3) is 0.240. The molecule has 0 aromatic heterocycles. The number of ether oxygens (including phenoxy) is 1. The highest BCUT2D eigenvalue weighted by atomic mass is 35.5. The van der Waals surface area contributed by atoms with Crippen molar-refractivity contribution in [3.63, 3.8) is 0 Å². The molecule has 0 saturated heterocycles. The number of carbonyl (C=O) groups is 1. The van der Waals surface area contributed by atoms with E-state index in [1.165, 1.54) is 15.9 Å². The van der Waals surface area contributed by atoms with Crippen LogP contribution in [0.1, 0.15) is 28.4 Å². The van der Waals surface area contributed by atoms with E-state index in [2.05, 4.69) is 12.2 Å². The van der Waals surface area contributed by atoms with Gasteiger partial charge in [-0.25, -0.2) is 8.42 Å². The zero-order chi connectivity index (χ0) is 24.7. The summed E-state index contributed by atoms with van der Waals surface area (Å²) in [7, 11) is -3.61. The van der Waals surface area contributed by atoms with Crippen LogP contribution in [-0.2, 0) is 23.0 Å². The van der Waals surface area contributed by atoms with Gasteiger partial charge in [0.1, 0.15) is 12.4 Å². The number of anilines is 1. The van der Waals surface area contributed by atoms with E-state index in [4.69, 9.17) is 27.9 Å². The Morgan fingerprint density at radius 2 is 1.62 bits per heavy atom. The van der Waals surface area contributed by atoms with Crippen molar-refractivity contribution in [3.8, 4) is 5.75 Å². The van der Waals surface area contributed by atoms with Gasteiger partial charge < -0.3 is 10.1 Å². The maximum absolute atomic E-state index is 12.4. The Hall–Kier alpha value is -2.74. The van der Waals surface area contributed by atoms with Crippen molar-refractivity contribution in [1.29, 1.82) is 0 Å². The number of rotatable bonds is 10. The van der Waals surface area contributed by atoms with Crippen LogP contribution in [0.2, 0.25) is 10.0 Å². The van der Waals surface area contributed by atoms with Crippen molar-refractivity contribution in [1.82, 2.24) is 5.32 Å². The summed E-state index contributed by atoms with van der Waals surface area (Å²) in [5.41, 5.74) is 2.73. The molecule has 0 heterocycles. The van der Waals surface area contributed by atoms with E-state index in [1.54, 1.807) is 36.4 Å². The summed E-state index contributed by atoms with van der Waals surface area (Å²) in [5.74, 6) is 0.518. The first-order chi connectivity index (χ1) is 16.2. The number of amides is 1. The van der Waals surface area contributed by atoms with E-state index in [0.717, 1.165) is 18.4 Å². The minimum atomic E-state index is -3.61. The number of benzene rings is 3. The zero-order valence-corrected chi connectivity index (χ0v) is 21.3. The number of nitrogens with one attached hydrogen (secondary N) is 1. The summed E-state index contributed by atoms with van der Waals surface area (Å²) in [6, 6.07) is 19.2. The number of hydrogen-bond donors (Lipinski definition) is 1. The van der Waals surface area contributed by atoms with Crippen molar-refractivity contribution in [2.24, 2.45) is 0 Å². The molecule has 1 amide bonds. The van der Waals surface area contributed by atoms with Crippen LogP contribution in [0.4, 0.5) is 5.69 Å². The summed E-state index contributed by atoms with van der Waals surface area (Å²) in [6.07, 6.45) is 2.08. The van der Waals surface area contributed by atoms with E-state index >= 15 is 0 Å². The van der Waals surface area contributed by atoms with Gasteiger partial charge in [-0.05, 0) is 60.0 Å². The second kappa shape index (κ2) is 11.6. The van der Waals surface area contributed by atoms with Crippen LogP contribution < -0.4 is 14.4 Å². The first-order valence-electron chi connectivity index (χ1n) is 10.7. The monoisotopic (exact) mass is 520 g/mol. The van der Waals surface area contributed by atoms with Crippen molar-refractivity contribution >= 4 is 44.8 Å². The maximum Gasteiger partial charge on any atom is 0.251 e. The minimum absolute atomic E-state index is 0.0622. The quantitative estimate of drug-likeness (QED) is 0.366. The molecule has 0 aliphatic carbocycles. The molecule has 180 valence electrons. The second-order valence-corrected chi connectivity index (χ2v) is 10.4. The molecule has 34 heavy (non-hydrogen) atoms. The van der Waals surface area contributed by atoms with Gasteiger partial charge in [-0.1, -0.05) is 54.4 Å². The molecule has 6 nitrogen and oxygen atoms in total. The van der Waals surface area contributed by atoms with Crippen LogP contribution in [0.25, 0.3) is 0 Å². The second-order valence-electron chi connectivity index (χ2n) is 7.66. The number of carbonyl (C=O) groups excluding carboxylic acids is 1. The molecule has 3 aromatic rings. The van der Waals surface area contributed by atoms with Gasteiger partial charge in [-0.15, -0.1) is 0 Å². The highest BCUT2D eigenvalue weighted by molar-refractivity contribution is 7.92. The molecule has 1 N–H and O–H groups in total. The SMILES string of the molecule is CCc1ccc(OCCNC(=O)c2ccc(CN(c3ccc(Cl)cc3Cl)S(C)(=O)=O)cc2)cc1. The van der Waals surface area contributed by atoms with Crippen molar-refractivity contribution in [2.75, 3.05) is 23.7 Å². The summed E-state index contributed by atoms with van der Waals surface area (Å²) in [6.45, 7) is 2.86. The van der Waals surface area contributed by atoms with Crippen LogP contribution in [-0.4, -0.2) is 33.7 Å². The summed E-state index contributed by atoms with van der Waals surface area (Å²) in [5, 5.41) is 3.46. The van der Waals surface area contributed by atoms with Gasteiger partial charge in [0.15, 0.2) is 0 Å². The standard InChI is InChI=1S/C25H26Cl2N2O4S/c1-3-18-6-11-22(12-7-18)33-15-14-28-25(30)20-8-4-19(5-9-20)17-29(34(2,31)32)24-13-10-21(26)16-23(24)27/h4-13,16H,3,14-15,17H2,1-2H3,(H,28,30). The average molecular weight is 521 g/mol. The van der Waals surface area contributed by atoms with Gasteiger partial charge in [-0.2, -0.15) is 0 Å². The lowest BCUT2D eigenvalue weighted by atomic mass is 10.1. The highest BCUT2D eigenvalue weighted by Crippen LogP contribution is 2.31. The molecular weight excluding hydrogens is 495 g/mol. The van der Waals surface area contributed by atoms with Crippen LogP contribution in [0.5, 0.6) is 5.75 Å². The van der Waals surface area contributed by atoms with E-state index in [-0.39, 0.29) is 17.5 Å². The first kappa shape index (κ1) is 25.9. The van der Waals surface area contributed by atoms with Gasteiger partial charge in [0, 0.05) is 10.6 Å². The normalized spacial score (nSPS) is 11.2. The average Bonchev–Trinajstić information content (AvgIpc) is 2.81. The number of hydrogen-bond acceptors (Lipinski definition) is 4. The summed E-state index contributed by atoms with van der Waals surface area (Å²) >= 11 is 12.2. The predicted molar refractivity (Wildman–Crippen MR) is 138 cm³/mol. The number of nitrogens with zero attached hydrogens (tertiary/aromatic N) is 1. The minimum Gasteiger partial charge on any atom is -0.492 e. The Labute approximate surface area is 210 Å². The molecule has 0 spiro atoms. The van der Waals surface area contributed by atoms with Crippen molar-refractivity contribution in [3.05, 3.63) is 93.5 Å². The highest BCUT2D eigenvalue weighted by Gasteiger charge is 2.21. The van der Waals surface area contributed by atoms with Gasteiger partial charge >= 0.3 is 0 Å². The number of sulfonamides is 1. The predicted octanol–water partition coefficient (Wildman–Crippen LogP) is 5.33. The molecule has 0 aliphatic rings. The fourth-order valence-electron chi connectivity index (χ4n) is 3.25. The van der Waals surface area contributed by atoms with Crippen LogP contribution in [0.15, 0.2) is 66.7 Å². The lowest BCUT2D eigenvalue weighted by Crippen LogP contribution is -2.30. The fourth-order valence-corrected chi connectivity index (χ4v) is 4.71. The smallest absolute Gasteiger partial charge is 0.251 e. The number of halogens is 2. The molecule has 0 aliphatic heterocycles. The van der Waals surface area contributed by atoms with E-state index in [1.807, 2.05) is 24.3 Å². The van der Waals surface area contributed by atoms with Gasteiger partial charge in [0.2, 0.25) is 10.0 Å². The lowest BCUT2D eigenvalue weighted by molar-refractivity contribution is 0.0947. The molecule has 0 saturated carbocycles. The molecule has 3 aromatic carbocycles. The molecule has 9 heteroatoms. The molecule has 0 radical (unpaired) electrons. The van der Waals surface area contributed by atoms with Crippen LogP contribution >= 0.6 is 23.2 Å². The Kier molecular flexibility index (Phi) is 8.83. The van der Waals surface area contributed by atoms with E-state index in [0.29, 0.717) is 35.0 Å². The molecule has 3 rings (SSSR count). The van der Waals surface area contributed by atoms with E-state index in [9.17, 15) is 13.2 Å². The third kappa shape index (κ3) is 7.13. The Bertz CT molecular complexity index is 1230. The third-order valence-electron chi connectivity index (χ3n) is 5.11. The summed E-state index contributed by atoms with van der Waals surface area (Å²) in [4.78, 5) is 12.4. The Balaban J connectivity index is 1.57. The van der Waals surface area contributed by atoms with Gasteiger partial charge in [0.05, 0.1) is 30.1 Å². The zero-order valence-electron chi connectivity index (χ0n) is 18.9. The molecule has 0 unspecified atom stereocenters.